The van der Waals surface area contributed by atoms with Crippen molar-refractivity contribution >= 4 is 5.69 Å². The van der Waals surface area contributed by atoms with Gasteiger partial charge in [0.25, 0.3) is 0 Å². The summed E-state index contributed by atoms with van der Waals surface area (Å²) in [5, 5.41) is 11.8. The van der Waals surface area contributed by atoms with Gasteiger partial charge in [-0.25, -0.2) is 4.68 Å². The van der Waals surface area contributed by atoms with Crippen molar-refractivity contribution in [1.29, 1.82) is 0 Å². The zero-order chi connectivity index (χ0) is 14.9. The minimum absolute atomic E-state index is 0.633. The zero-order valence-corrected chi connectivity index (χ0v) is 12.2. The van der Waals surface area contributed by atoms with E-state index in [1.54, 1.807) is 11.8 Å². The molecule has 0 aliphatic carbocycles. The quantitative estimate of drug-likeness (QED) is 0.554. The molecule has 0 unspecified atom stereocenters. The van der Waals surface area contributed by atoms with Crippen LogP contribution in [0.15, 0.2) is 24.3 Å². The Morgan fingerprint density at radius 2 is 1.90 bits per heavy atom. The molecule has 2 N–H and O–H groups in total. The predicted octanol–water partition coefficient (Wildman–Crippen LogP) is 1.37. The molecule has 0 amide bonds. The molecule has 1 aromatic heterocycles. The Morgan fingerprint density at radius 1 is 1.10 bits per heavy atom. The highest BCUT2D eigenvalue weighted by Gasteiger charge is 2.08. The SMILES string of the molecule is COCCOCCCCn1nnnc1-c1ccc(N)cc1. The average Bonchev–Trinajstić information content (AvgIpc) is 2.95. The first kappa shape index (κ1) is 15.4. The van der Waals surface area contributed by atoms with Gasteiger partial charge in [0, 0.05) is 31.5 Å². The molecule has 0 saturated heterocycles. The lowest BCUT2D eigenvalue weighted by Gasteiger charge is -2.06. The van der Waals surface area contributed by atoms with Crippen LogP contribution in [0.5, 0.6) is 0 Å². The predicted molar refractivity (Wildman–Crippen MR) is 79.6 cm³/mol. The van der Waals surface area contributed by atoms with Crippen LogP contribution in [0.25, 0.3) is 11.4 Å². The lowest BCUT2D eigenvalue weighted by atomic mass is 10.2. The summed E-state index contributed by atoms with van der Waals surface area (Å²) in [5.41, 5.74) is 7.38. The molecule has 2 rings (SSSR count). The number of hydrogen-bond donors (Lipinski definition) is 1. The van der Waals surface area contributed by atoms with Crippen molar-refractivity contribution in [2.24, 2.45) is 0 Å². The van der Waals surface area contributed by atoms with Gasteiger partial charge in [0.2, 0.25) is 0 Å². The average molecular weight is 291 g/mol. The van der Waals surface area contributed by atoms with Crippen molar-refractivity contribution in [3.63, 3.8) is 0 Å². The van der Waals surface area contributed by atoms with Crippen LogP contribution in [0.4, 0.5) is 5.69 Å². The third-order valence-corrected chi connectivity index (χ3v) is 3.04. The minimum Gasteiger partial charge on any atom is -0.399 e. The number of aromatic nitrogens is 4. The van der Waals surface area contributed by atoms with Gasteiger partial charge >= 0.3 is 0 Å². The number of nitrogens with zero attached hydrogens (tertiary/aromatic N) is 4. The molecule has 0 bridgehead atoms. The number of anilines is 1. The lowest BCUT2D eigenvalue weighted by molar-refractivity contribution is 0.0683. The molecule has 0 aliphatic heterocycles. The molecule has 0 saturated carbocycles. The van der Waals surface area contributed by atoms with Gasteiger partial charge in [0.15, 0.2) is 5.82 Å². The van der Waals surface area contributed by atoms with Crippen molar-refractivity contribution in [3.05, 3.63) is 24.3 Å². The second kappa shape index (κ2) is 8.33. The van der Waals surface area contributed by atoms with Crippen LogP contribution < -0.4 is 5.73 Å². The van der Waals surface area contributed by atoms with E-state index in [0.29, 0.717) is 13.2 Å². The second-order valence-electron chi connectivity index (χ2n) is 4.66. The minimum atomic E-state index is 0.633. The Hall–Kier alpha value is -1.99. The van der Waals surface area contributed by atoms with Gasteiger partial charge < -0.3 is 15.2 Å². The molecule has 0 aliphatic rings. The van der Waals surface area contributed by atoms with E-state index in [4.69, 9.17) is 15.2 Å². The zero-order valence-electron chi connectivity index (χ0n) is 12.2. The summed E-state index contributed by atoms with van der Waals surface area (Å²) in [6.07, 6.45) is 1.92. The molecular formula is C14H21N5O2. The smallest absolute Gasteiger partial charge is 0.182 e. The summed E-state index contributed by atoms with van der Waals surface area (Å²) in [5.74, 6) is 0.760. The number of tetrazole rings is 1. The van der Waals surface area contributed by atoms with Crippen LogP contribution in [-0.2, 0) is 16.0 Å². The van der Waals surface area contributed by atoms with Gasteiger partial charge in [0.05, 0.1) is 13.2 Å². The molecule has 1 aromatic carbocycles. The van der Waals surface area contributed by atoms with E-state index in [2.05, 4.69) is 15.5 Å². The summed E-state index contributed by atoms with van der Waals surface area (Å²) in [6, 6.07) is 7.53. The van der Waals surface area contributed by atoms with E-state index in [1.807, 2.05) is 24.3 Å². The van der Waals surface area contributed by atoms with E-state index in [1.165, 1.54) is 0 Å². The Balaban J connectivity index is 1.79. The van der Waals surface area contributed by atoms with Gasteiger partial charge in [-0.15, -0.1) is 5.10 Å². The lowest BCUT2D eigenvalue weighted by Crippen LogP contribution is -2.06. The Bertz CT molecular complexity index is 526. The van der Waals surface area contributed by atoms with E-state index in [-0.39, 0.29) is 0 Å². The number of hydrogen-bond acceptors (Lipinski definition) is 6. The largest absolute Gasteiger partial charge is 0.399 e. The fourth-order valence-corrected chi connectivity index (χ4v) is 1.90. The monoisotopic (exact) mass is 291 g/mol. The number of methoxy groups -OCH3 is 1. The molecule has 114 valence electrons. The van der Waals surface area contributed by atoms with E-state index < -0.39 is 0 Å². The molecule has 0 spiro atoms. The van der Waals surface area contributed by atoms with Crippen LogP contribution in [0.2, 0.25) is 0 Å². The molecule has 7 heteroatoms. The summed E-state index contributed by atoms with van der Waals surface area (Å²) >= 11 is 0. The topological polar surface area (TPSA) is 88.1 Å². The van der Waals surface area contributed by atoms with E-state index in [0.717, 1.165) is 43.1 Å². The third-order valence-electron chi connectivity index (χ3n) is 3.04. The number of unbranched alkanes of at least 4 members (excludes halogenated alkanes) is 1. The summed E-state index contributed by atoms with van der Waals surface area (Å²) in [6.45, 7) is 2.76. The molecular weight excluding hydrogens is 270 g/mol. The van der Waals surface area contributed by atoms with E-state index in [9.17, 15) is 0 Å². The number of benzene rings is 1. The van der Waals surface area contributed by atoms with Gasteiger partial charge in [-0.2, -0.15) is 0 Å². The highest BCUT2D eigenvalue weighted by atomic mass is 16.5. The van der Waals surface area contributed by atoms with Crippen molar-refractivity contribution in [2.75, 3.05) is 32.7 Å². The van der Waals surface area contributed by atoms with Crippen LogP contribution in [0.1, 0.15) is 12.8 Å². The number of nitrogens with two attached hydrogens (primary N) is 1. The van der Waals surface area contributed by atoms with E-state index >= 15 is 0 Å². The first-order valence-corrected chi connectivity index (χ1v) is 7.00. The first-order valence-electron chi connectivity index (χ1n) is 7.00. The molecule has 0 atom stereocenters. The molecule has 0 radical (unpaired) electrons. The molecule has 21 heavy (non-hydrogen) atoms. The van der Waals surface area contributed by atoms with Gasteiger partial charge in [-0.3, -0.25) is 0 Å². The summed E-state index contributed by atoms with van der Waals surface area (Å²) < 4.78 is 12.1. The van der Waals surface area contributed by atoms with Gasteiger partial charge in [0.1, 0.15) is 0 Å². The summed E-state index contributed by atoms with van der Waals surface area (Å²) in [7, 11) is 1.67. The summed E-state index contributed by atoms with van der Waals surface area (Å²) in [4.78, 5) is 0. The van der Waals surface area contributed by atoms with Crippen molar-refractivity contribution in [3.8, 4) is 11.4 Å². The van der Waals surface area contributed by atoms with Gasteiger partial charge in [-0.05, 0) is 47.5 Å². The number of nitrogen functional groups attached to an aromatic ring is 1. The van der Waals surface area contributed by atoms with Crippen LogP contribution in [0, 0.1) is 0 Å². The Kier molecular flexibility index (Phi) is 6.11. The highest BCUT2D eigenvalue weighted by molar-refractivity contribution is 5.58. The number of rotatable bonds is 9. The maximum atomic E-state index is 5.69. The van der Waals surface area contributed by atoms with Gasteiger partial charge in [-0.1, -0.05) is 0 Å². The van der Waals surface area contributed by atoms with Crippen molar-refractivity contribution < 1.29 is 9.47 Å². The Morgan fingerprint density at radius 3 is 2.67 bits per heavy atom. The fraction of sp³-hybridized carbons (Fsp3) is 0.500. The van der Waals surface area contributed by atoms with Crippen molar-refractivity contribution in [2.45, 2.75) is 19.4 Å². The van der Waals surface area contributed by atoms with Crippen LogP contribution >= 0.6 is 0 Å². The van der Waals surface area contributed by atoms with Crippen LogP contribution in [0.3, 0.4) is 0 Å². The maximum Gasteiger partial charge on any atom is 0.182 e. The third kappa shape index (κ3) is 4.80. The molecule has 2 aromatic rings. The number of aryl methyl sites for hydroxylation is 1. The fourth-order valence-electron chi connectivity index (χ4n) is 1.90. The van der Waals surface area contributed by atoms with Crippen molar-refractivity contribution in [1.82, 2.24) is 20.2 Å². The molecule has 0 fully saturated rings. The standard InChI is InChI=1S/C14H21N5O2/c1-20-10-11-21-9-3-2-8-19-14(16-17-18-19)12-4-6-13(15)7-5-12/h4-7H,2-3,8-11,15H2,1H3. The Labute approximate surface area is 124 Å². The first-order chi connectivity index (χ1) is 10.3. The van der Waals surface area contributed by atoms with Crippen LogP contribution in [-0.4, -0.2) is 47.1 Å². The molecule has 1 heterocycles. The normalized spacial score (nSPS) is 10.9. The maximum absolute atomic E-state index is 5.69. The highest BCUT2D eigenvalue weighted by Crippen LogP contribution is 2.17. The second-order valence-corrected chi connectivity index (χ2v) is 4.66. The number of ether oxygens (including phenoxy) is 2. The molecule has 7 nitrogen and oxygen atoms in total.